The van der Waals surface area contributed by atoms with Gasteiger partial charge in [0.2, 0.25) is 0 Å². The average Bonchev–Trinajstić information content (AvgIpc) is 2.66. The SMILES string of the molecule is COc1ccc(C(C)(C)CC(=O)CC(C)(CC(=O)O)c2ccc(OC)c(C)c2)cc1C. The Hall–Kier alpha value is -2.82. The number of hydrogen-bond acceptors (Lipinski definition) is 4. The summed E-state index contributed by atoms with van der Waals surface area (Å²) < 4.78 is 10.7. The van der Waals surface area contributed by atoms with Crippen LogP contribution >= 0.6 is 0 Å². The van der Waals surface area contributed by atoms with Gasteiger partial charge >= 0.3 is 5.97 Å². The molecular weight excluding hydrogens is 392 g/mol. The van der Waals surface area contributed by atoms with Gasteiger partial charge in [-0.3, -0.25) is 9.59 Å². The molecule has 5 nitrogen and oxygen atoms in total. The van der Waals surface area contributed by atoms with Gasteiger partial charge in [-0.2, -0.15) is 0 Å². The maximum atomic E-state index is 13.2. The largest absolute Gasteiger partial charge is 0.496 e. The lowest BCUT2D eigenvalue weighted by Crippen LogP contribution is -2.31. The van der Waals surface area contributed by atoms with Crippen molar-refractivity contribution in [3.05, 3.63) is 58.7 Å². The molecule has 2 aromatic rings. The minimum Gasteiger partial charge on any atom is -0.496 e. The monoisotopic (exact) mass is 426 g/mol. The molecule has 0 saturated heterocycles. The molecule has 0 aliphatic rings. The van der Waals surface area contributed by atoms with E-state index in [4.69, 9.17) is 9.47 Å². The first kappa shape index (κ1) is 24.4. The number of methoxy groups -OCH3 is 2. The number of hydrogen-bond donors (Lipinski definition) is 1. The maximum absolute atomic E-state index is 13.2. The van der Waals surface area contributed by atoms with E-state index in [1.807, 2.05) is 65.0 Å². The predicted octanol–water partition coefficient (Wildman–Crippen LogP) is 5.38. The number of aliphatic carboxylic acids is 1. The van der Waals surface area contributed by atoms with Crippen LogP contribution < -0.4 is 9.47 Å². The third-order valence-electron chi connectivity index (χ3n) is 6.04. The molecule has 1 atom stereocenters. The van der Waals surface area contributed by atoms with Crippen molar-refractivity contribution in [1.29, 1.82) is 0 Å². The van der Waals surface area contributed by atoms with E-state index < -0.39 is 11.4 Å². The van der Waals surface area contributed by atoms with Crippen molar-refractivity contribution in [3.63, 3.8) is 0 Å². The van der Waals surface area contributed by atoms with Crippen molar-refractivity contribution < 1.29 is 24.2 Å². The quantitative estimate of drug-likeness (QED) is 0.552. The summed E-state index contributed by atoms with van der Waals surface area (Å²) in [5.74, 6) is 0.669. The summed E-state index contributed by atoms with van der Waals surface area (Å²) in [4.78, 5) is 24.8. The molecule has 0 radical (unpaired) electrons. The second-order valence-electron chi connectivity index (χ2n) is 9.28. The number of carbonyl (C=O) groups excluding carboxylic acids is 1. The molecule has 2 aromatic carbocycles. The lowest BCUT2D eigenvalue weighted by molar-refractivity contribution is -0.138. The molecule has 0 aliphatic carbocycles. The van der Waals surface area contributed by atoms with Crippen LogP contribution in [0.5, 0.6) is 11.5 Å². The number of benzene rings is 2. The van der Waals surface area contributed by atoms with Crippen molar-refractivity contribution in [2.45, 2.75) is 64.7 Å². The Balaban J connectivity index is 2.28. The van der Waals surface area contributed by atoms with Gasteiger partial charge in [0.1, 0.15) is 17.3 Å². The van der Waals surface area contributed by atoms with E-state index >= 15 is 0 Å². The zero-order chi connectivity index (χ0) is 23.4. The van der Waals surface area contributed by atoms with Crippen LogP contribution in [0.1, 0.15) is 62.3 Å². The van der Waals surface area contributed by atoms with Crippen LogP contribution in [0.25, 0.3) is 0 Å². The first-order chi connectivity index (χ1) is 14.4. The Morgan fingerprint density at radius 2 is 1.29 bits per heavy atom. The number of carboxylic acids is 1. The Morgan fingerprint density at radius 3 is 1.74 bits per heavy atom. The predicted molar refractivity (Wildman–Crippen MR) is 122 cm³/mol. The molecule has 1 unspecified atom stereocenters. The minimum absolute atomic E-state index is 0.0377. The molecule has 0 aliphatic heterocycles. The molecule has 0 heterocycles. The fraction of sp³-hybridized carbons (Fsp3) is 0.462. The fourth-order valence-corrected chi connectivity index (χ4v) is 4.25. The van der Waals surface area contributed by atoms with Gasteiger partial charge in [0, 0.05) is 18.3 Å². The Labute approximate surface area is 185 Å². The summed E-state index contributed by atoms with van der Waals surface area (Å²) >= 11 is 0. The number of rotatable bonds is 10. The Bertz CT molecular complexity index is 960. The summed E-state index contributed by atoms with van der Waals surface area (Å²) in [6, 6.07) is 11.6. The molecule has 5 heteroatoms. The van der Waals surface area contributed by atoms with Crippen molar-refractivity contribution >= 4 is 11.8 Å². The van der Waals surface area contributed by atoms with Gasteiger partial charge in [-0.05, 0) is 53.6 Å². The molecule has 0 fully saturated rings. The number of carboxylic acid groups (broad SMARTS) is 1. The third-order valence-corrected chi connectivity index (χ3v) is 6.04. The van der Waals surface area contributed by atoms with Crippen LogP contribution in [0.4, 0.5) is 0 Å². The van der Waals surface area contributed by atoms with E-state index in [1.54, 1.807) is 14.2 Å². The highest BCUT2D eigenvalue weighted by molar-refractivity contribution is 5.82. The van der Waals surface area contributed by atoms with E-state index in [1.165, 1.54) is 0 Å². The van der Waals surface area contributed by atoms with E-state index in [2.05, 4.69) is 6.07 Å². The summed E-state index contributed by atoms with van der Waals surface area (Å²) in [6.07, 6.45) is 0.360. The highest BCUT2D eigenvalue weighted by Crippen LogP contribution is 2.37. The zero-order valence-corrected chi connectivity index (χ0v) is 19.7. The second kappa shape index (κ2) is 9.54. The summed E-state index contributed by atoms with van der Waals surface area (Å²) in [6.45, 7) is 9.83. The second-order valence-corrected chi connectivity index (χ2v) is 9.28. The van der Waals surface area contributed by atoms with Gasteiger partial charge in [-0.25, -0.2) is 0 Å². The molecule has 0 saturated carbocycles. The molecule has 0 amide bonds. The molecule has 0 spiro atoms. The highest BCUT2D eigenvalue weighted by Gasteiger charge is 2.35. The van der Waals surface area contributed by atoms with Gasteiger partial charge in [-0.1, -0.05) is 45.0 Å². The van der Waals surface area contributed by atoms with Crippen molar-refractivity contribution in [2.75, 3.05) is 14.2 Å². The number of ether oxygens (including phenoxy) is 2. The fourth-order valence-electron chi connectivity index (χ4n) is 4.25. The summed E-state index contributed by atoms with van der Waals surface area (Å²) in [5.41, 5.74) is 2.64. The van der Waals surface area contributed by atoms with Gasteiger partial charge < -0.3 is 14.6 Å². The number of Topliss-reactive ketones (excluding diaryl/α,β-unsaturated/α-hetero) is 1. The molecule has 0 bridgehead atoms. The van der Waals surface area contributed by atoms with Gasteiger partial charge in [0.25, 0.3) is 0 Å². The summed E-state index contributed by atoms with van der Waals surface area (Å²) in [5, 5.41) is 9.54. The molecule has 1 N–H and O–H groups in total. The summed E-state index contributed by atoms with van der Waals surface area (Å²) in [7, 11) is 3.24. The van der Waals surface area contributed by atoms with Crippen LogP contribution in [0.2, 0.25) is 0 Å². The topological polar surface area (TPSA) is 72.8 Å². The first-order valence-corrected chi connectivity index (χ1v) is 10.5. The van der Waals surface area contributed by atoms with Crippen molar-refractivity contribution in [1.82, 2.24) is 0 Å². The smallest absolute Gasteiger partial charge is 0.304 e. The maximum Gasteiger partial charge on any atom is 0.304 e. The Kier molecular flexibility index (Phi) is 7.53. The van der Waals surface area contributed by atoms with Crippen LogP contribution in [0.3, 0.4) is 0 Å². The number of carbonyl (C=O) groups is 2. The normalized spacial score (nSPS) is 13.4. The molecular formula is C26H34O5. The first-order valence-electron chi connectivity index (χ1n) is 10.5. The zero-order valence-electron chi connectivity index (χ0n) is 19.7. The van der Waals surface area contributed by atoms with Crippen LogP contribution in [-0.2, 0) is 20.4 Å². The van der Waals surface area contributed by atoms with Crippen LogP contribution in [0, 0.1) is 13.8 Å². The van der Waals surface area contributed by atoms with Crippen molar-refractivity contribution in [2.24, 2.45) is 0 Å². The molecule has 168 valence electrons. The number of ketones is 1. The lowest BCUT2D eigenvalue weighted by atomic mass is 9.72. The van der Waals surface area contributed by atoms with Crippen LogP contribution in [-0.4, -0.2) is 31.1 Å². The van der Waals surface area contributed by atoms with E-state index in [-0.39, 0.29) is 24.0 Å². The van der Waals surface area contributed by atoms with Gasteiger partial charge in [-0.15, -0.1) is 0 Å². The van der Waals surface area contributed by atoms with Gasteiger partial charge in [0.05, 0.1) is 20.6 Å². The van der Waals surface area contributed by atoms with Crippen molar-refractivity contribution in [3.8, 4) is 11.5 Å². The standard InChI is InChI=1S/C26H34O5/c1-17-12-19(8-10-22(17)30-6)25(3,4)14-21(27)15-26(5,16-24(28)29)20-9-11-23(31-7)18(2)13-20/h8-13H,14-16H2,1-7H3,(H,28,29). The van der Waals surface area contributed by atoms with E-state index in [0.29, 0.717) is 6.42 Å². The minimum atomic E-state index is -0.922. The van der Waals surface area contributed by atoms with E-state index in [0.717, 1.165) is 33.8 Å². The van der Waals surface area contributed by atoms with E-state index in [9.17, 15) is 14.7 Å². The molecule has 2 rings (SSSR count). The highest BCUT2D eigenvalue weighted by atomic mass is 16.5. The molecule has 0 aromatic heterocycles. The van der Waals surface area contributed by atoms with Gasteiger partial charge in [0.15, 0.2) is 0 Å². The molecule has 31 heavy (non-hydrogen) atoms. The Morgan fingerprint density at radius 1 is 0.806 bits per heavy atom. The number of aryl methyl sites for hydroxylation is 2. The third kappa shape index (κ3) is 5.87. The average molecular weight is 427 g/mol. The van der Waals surface area contributed by atoms with Crippen LogP contribution in [0.15, 0.2) is 36.4 Å². The lowest BCUT2D eigenvalue weighted by Gasteiger charge is -2.31.